The highest BCUT2D eigenvalue weighted by Gasteiger charge is 2.70. The van der Waals surface area contributed by atoms with Crippen molar-refractivity contribution in [2.45, 2.75) is 50.1 Å². The molecule has 1 aromatic rings. The summed E-state index contributed by atoms with van der Waals surface area (Å²) in [6, 6.07) is 0. The second kappa shape index (κ2) is 7.85. The van der Waals surface area contributed by atoms with E-state index in [2.05, 4.69) is 5.32 Å². The Morgan fingerprint density at radius 1 is 1.03 bits per heavy atom. The molecule has 1 amide bonds. The summed E-state index contributed by atoms with van der Waals surface area (Å²) in [4.78, 5) is 23.9. The van der Waals surface area contributed by atoms with Crippen molar-refractivity contribution in [2.75, 3.05) is 6.61 Å². The minimum absolute atomic E-state index is 0.0276. The lowest BCUT2D eigenvalue weighted by molar-refractivity contribution is -0.146. The maximum absolute atomic E-state index is 13.0. The van der Waals surface area contributed by atoms with E-state index >= 15 is 0 Å². The second-order valence-corrected chi connectivity index (χ2v) is 9.90. The topological polar surface area (TPSA) is 73.9 Å². The highest BCUT2D eigenvalue weighted by atomic mass is 35.5. The first-order chi connectivity index (χ1) is 14.2. The monoisotopic (exact) mass is 511 g/mol. The summed E-state index contributed by atoms with van der Waals surface area (Å²) >= 11 is 26.5. The molecular weight excluding hydrogens is 496 g/mol. The maximum atomic E-state index is 13.0. The Morgan fingerprint density at radius 3 is 2.23 bits per heavy atom. The lowest BCUT2D eigenvalue weighted by Gasteiger charge is -2.51. The number of esters is 1. The second-order valence-electron chi connectivity index (χ2n) is 7.11. The van der Waals surface area contributed by atoms with Crippen molar-refractivity contribution in [3.8, 4) is 11.5 Å². The number of thioether (sulfide) groups is 1. The van der Waals surface area contributed by atoms with Crippen LogP contribution in [0.1, 0.15) is 39.5 Å². The van der Waals surface area contributed by atoms with Gasteiger partial charge in [0, 0.05) is 13.3 Å². The molecule has 1 saturated carbocycles. The van der Waals surface area contributed by atoms with Gasteiger partial charge in [-0.3, -0.25) is 4.79 Å². The van der Waals surface area contributed by atoms with Crippen molar-refractivity contribution < 1.29 is 23.8 Å². The fraction of sp³-hybridized carbons (Fsp3) is 0.474. The van der Waals surface area contributed by atoms with Gasteiger partial charge in [0.25, 0.3) is 0 Å². The minimum Gasteiger partial charge on any atom is -0.471 e. The molecule has 1 aliphatic carbocycles. The molecule has 0 unspecified atom stereocenters. The number of carbonyl (C=O) groups is 2. The summed E-state index contributed by atoms with van der Waals surface area (Å²) in [5.74, 6) is -0.651. The molecule has 2 heterocycles. The molecule has 4 rings (SSSR count). The third-order valence-electron chi connectivity index (χ3n) is 5.29. The van der Waals surface area contributed by atoms with E-state index in [1.165, 1.54) is 18.7 Å². The van der Waals surface area contributed by atoms with E-state index in [0.29, 0.717) is 17.9 Å². The van der Waals surface area contributed by atoms with Crippen LogP contribution < -0.4 is 14.8 Å². The van der Waals surface area contributed by atoms with Gasteiger partial charge in [-0.15, -0.1) is 0 Å². The van der Waals surface area contributed by atoms with Crippen molar-refractivity contribution in [1.29, 1.82) is 0 Å². The first-order valence-electron chi connectivity index (χ1n) is 9.30. The van der Waals surface area contributed by atoms with Gasteiger partial charge in [-0.25, -0.2) is 4.79 Å². The zero-order chi connectivity index (χ0) is 21.8. The number of halogens is 4. The van der Waals surface area contributed by atoms with Gasteiger partial charge in [0.15, 0.2) is 17.1 Å². The Kier molecular flexibility index (Phi) is 5.81. The van der Waals surface area contributed by atoms with Gasteiger partial charge < -0.3 is 19.5 Å². The van der Waals surface area contributed by atoms with Gasteiger partial charge in [-0.05, 0) is 26.2 Å². The predicted octanol–water partition coefficient (Wildman–Crippen LogP) is 5.74. The molecule has 0 aromatic heterocycles. The molecule has 0 bridgehead atoms. The van der Waals surface area contributed by atoms with E-state index in [0.717, 1.165) is 12.8 Å². The molecule has 1 aromatic carbocycles. The first-order valence-corrected chi connectivity index (χ1v) is 11.6. The zero-order valence-corrected chi connectivity index (χ0v) is 19.8. The van der Waals surface area contributed by atoms with Gasteiger partial charge >= 0.3 is 5.97 Å². The fourth-order valence-electron chi connectivity index (χ4n) is 4.13. The van der Waals surface area contributed by atoms with Gasteiger partial charge in [-0.2, -0.15) is 0 Å². The van der Waals surface area contributed by atoms with Crippen molar-refractivity contribution in [3.05, 3.63) is 30.7 Å². The molecule has 1 fully saturated rings. The lowest BCUT2D eigenvalue weighted by atomic mass is 9.75. The van der Waals surface area contributed by atoms with Gasteiger partial charge in [0.1, 0.15) is 15.6 Å². The number of amides is 1. The quantitative estimate of drug-likeness (QED) is 0.316. The van der Waals surface area contributed by atoms with E-state index in [4.69, 9.17) is 60.6 Å². The Bertz CT molecular complexity index is 1000. The van der Waals surface area contributed by atoms with E-state index in [1.807, 2.05) is 0 Å². The SMILES string of the molecule is CCOC(=O)C1=C(NC(C)=O)S[C@@]23CCCC[C@@]12Oc1c(Cl)c(Cl)c(Cl)c(Cl)c1O3. The Labute approximate surface area is 197 Å². The zero-order valence-electron chi connectivity index (χ0n) is 16.0. The van der Waals surface area contributed by atoms with E-state index in [1.54, 1.807) is 6.92 Å². The lowest BCUT2D eigenvalue weighted by Crippen LogP contribution is -2.62. The maximum Gasteiger partial charge on any atom is 0.340 e. The third kappa shape index (κ3) is 3.08. The highest BCUT2D eigenvalue weighted by molar-refractivity contribution is 8.04. The molecule has 0 radical (unpaired) electrons. The average molecular weight is 513 g/mol. The fourth-order valence-corrected chi connectivity index (χ4v) is 6.68. The number of carbonyl (C=O) groups excluding carboxylic acids is 2. The molecule has 1 N–H and O–H groups in total. The van der Waals surface area contributed by atoms with Crippen LogP contribution in [0.4, 0.5) is 0 Å². The largest absolute Gasteiger partial charge is 0.471 e. The Morgan fingerprint density at radius 2 is 1.63 bits per heavy atom. The number of ether oxygens (including phenoxy) is 3. The summed E-state index contributed by atoms with van der Waals surface area (Å²) in [7, 11) is 0. The molecule has 162 valence electrons. The third-order valence-corrected chi connectivity index (χ3v) is 8.52. The van der Waals surface area contributed by atoms with Gasteiger partial charge in [0.2, 0.25) is 10.8 Å². The number of benzene rings is 1. The molecule has 6 nitrogen and oxygen atoms in total. The Balaban J connectivity index is 1.96. The summed E-state index contributed by atoms with van der Waals surface area (Å²) in [5, 5.41) is 3.26. The van der Waals surface area contributed by atoms with Crippen molar-refractivity contribution in [1.82, 2.24) is 5.32 Å². The summed E-state index contributed by atoms with van der Waals surface area (Å²) in [6.45, 7) is 3.23. The van der Waals surface area contributed by atoms with E-state index in [-0.39, 0.29) is 49.7 Å². The number of hydrogen-bond acceptors (Lipinski definition) is 6. The summed E-state index contributed by atoms with van der Waals surface area (Å²) < 4.78 is 18.2. The molecule has 2 atom stereocenters. The highest BCUT2D eigenvalue weighted by Crippen LogP contribution is 2.67. The van der Waals surface area contributed by atoms with Gasteiger partial charge in [0.05, 0.1) is 21.7 Å². The average Bonchev–Trinajstić information content (AvgIpc) is 2.98. The van der Waals surface area contributed by atoms with Crippen LogP contribution in [0.3, 0.4) is 0 Å². The predicted molar refractivity (Wildman–Crippen MR) is 117 cm³/mol. The van der Waals surface area contributed by atoms with Crippen molar-refractivity contribution >= 4 is 70.0 Å². The van der Waals surface area contributed by atoms with E-state index in [9.17, 15) is 9.59 Å². The van der Waals surface area contributed by atoms with Crippen LogP contribution in [-0.4, -0.2) is 29.0 Å². The molecule has 30 heavy (non-hydrogen) atoms. The summed E-state index contributed by atoms with van der Waals surface area (Å²) in [6.07, 6.45) is 2.58. The molecular formula is C19H17Cl4NO5S. The number of fused-ring (bicyclic) bond motifs is 1. The molecule has 0 saturated heterocycles. The standard InChI is InChI=1S/C19H17Cl4NO5S/c1-3-27-17(26)9-16(24-8(2)25)30-19-7-5-4-6-18(9,19)28-14-12(22)10(20)11(21)13(23)15(14)29-19/h3-7H2,1-2H3,(H,24,25)/t18-,19+/m1/s1. The Hall–Kier alpha value is -0.990. The minimum atomic E-state index is -1.24. The van der Waals surface area contributed by atoms with Crippen LogP contribution in [0.25, 0.3) is 0 Å². The van der Waals surface area contributed by atoms with Crippen LogP contribution in [0.2, 0.25) is 20.1 Å². The first kappa shape index (κ1) is 22.2. The molecule has 0 spiro atoms. The number of nitrogens with one attached hydrogen (secondary N) is 1. The normalized spacial score (nSPS) is 26.7. The number of rotatable bonds is 3. The van der Waals surface area contributed by atoms with E-state index < -0.39 is 16.5 Å². The van der Waals surface area contributed by atoms with Crippen LogP contribution >= 0.6 is 58.2 Å². The van der Waals surface area contributed by atoms with Crippen LogP contribution in [0, 0.1) is 0 Å². The van der Waals surface area contributed by atoms with Crippen molar-refractivity contribution in [3.63, 3.8) is 0 Å². The van der Waals surface area contributed by atoms with Crippen molar-refractivity contribution in [2.24, 2.45) is 0 Å². The molecule has 2 aliphatic heterocycles. The molecule has 11 heteroatoms. The van der Waals surface area contributed by atoms with Gasteiger partial charge in [-0.1, -0.05) is 58.2 Å². The van der Waals surface area contributed by atoms with Crippen LogP contribution in [-0.2, 0) is 14.3 Å². The van der Waals surface area contributed by atoms with Crippen LogP contribution in [0.5, 0.6) is 11.5 Å². The molecule has 3 aliphatic rings. The summed E-state index contributed by atoms with van der Waals surface area (Å²) in [5.41, 5.74) is -1.04. The van der Waals surface area contributed by atoms with Crippen LogP contribution in [0.15, 0.2) is 10.6 Å². The smallest absolute Gasteiger partial charge is 0.340 e. The number of hydrogen-bond donors (Lipinski definition) is 1.